The normalized spacial score (nSPS) is 29.9. The van der Waals surface area contributed by atoms with Crippen molar-refractivity contribution in [3.8, 4) is 0 Å². The maximum atomic E-state index is 14.4. The highest BCUT2D eigenvalue weighted by Crippen LogP contribution is 2.37. The van der Waals surface area contributed by atoms with Crippen LogP contribution >= 0.6 is 0 Å². The van der Waals surface area contributed by atoms with Crippen LogP contribution in [0.1, 0.15) is 220 Å². The van der Waals surface area contributed by atoms with Crippen LogP contribution in [0.5, 0.6) is 0 Å². The van der Waals surface area contributed by atoms with Gasteiger partial charge in [0.1, 0.15) is 0 Å². The van der Waals surface area contributed by atoms with Gasteiger partial charge in [-0.15, -0.1) is 0 Å². The van der Waals surface area contributed by atoms with Gasteiger partial charge in [0.2, 0.25) is 0 Å². The molecule has 12 heteroatoms. The Bertz CT molecular complexity index is 1560. The van der Waals surface area contributed by atoms with E-state index in [9.17, 15) is 19.2 Å². The number of esters is 4. The van der Waals surface area contributed by atoms with Crippen LogP contribution in [0.3, 0.4) is 0 Å². The first kappa shape index (κ1) is 58.3. The first-order valence-corrected chi connectivity index (χ1v) is 27.4. The second-order valence-corrected chi connectivity index (χ2v) is 26.1. The molecule has 4 rings (SSSR count). The Labute approximate surface area is 414 Å². The maximum Gasteiger partial charge on any atom is 0.312 e. The average Bonchev–Trinajstić information content (AvgIpc) is 3.22. The summed E-state index contributed by atoms with van der Waals surface area (Å²) in [7, 11) is 0. The smallest absolute Gasteiger partial charge is 0.312 e. The van der Waals surface area contributed by atoms with Gasteiger partial charge in [0, 0.05) is 46.3 Å². The summed E-state index contributed by atoms with van der Waals surface area (Å²) in [6.45, 7) is 35.0. The summed E-state index contributed by atoms with van der Waals surface area (Å²) in [5.74, 6) is -0.945. The summed E-state index contributed by atoms with van der Waals surface area (Å²) < 4.78 is 25.1. The van der Waals surface area contributed by atoms with Crippen LogP contribution in [0.4, 0.5) is 0 Å². The standard InChI is InChI=1S/C56H102N4O8/c1-35(2)43-27-39(31-53(9,10)57-43)48(61)65-26-24-22-20-18-17-19-21-23-25-47(66-49(62)40-28-44(36(3)4)58-54(11,12)32-40)52(67-50(63)41-29-45(37(5)6)59-55(13,14)33-41)68-51(64)42-30-46(38(7)8)60-56(15,16)34-42/h35-47,52,57-60H,17-34H2,1-16H3. The molecule has 394 valence electrons. The number of unbranched alkanes of at least 4 members (excludes halogenated alkanes) is 7. The highest BCUT2D eigenvalue weighted by atomic mass is 16.7. The van der Waals surface area contributed by atoms with E-state index in [2.05, 4.69) is 132 Å². The lowest BCUT2D eigenvalue weighted by atomic mass is 9.78. The number of hydrogen-bond donors (Lipinski definition) is 4. The van der Waals surface area contributed by atoms with Crippen LogP contribution < -0.4 is 21.3 Å². The van der Waals surface area contributed by atoms with Crippen molar-refractivity contribution < 1.29 is 38.1 Å². The summed E-state index contributed by atoms with van der Waals surface area (Å²) in [6, 6.07) is 0.722. The lowest BCUT2D eigenvalue weighted by Crippen LogP contribution is -2.57. The van der Waals surface area contributed by atoms with Crippen molar-refractivity contribution in [2.45, 2.75) is 279 Å². The summed E-state index contributed by atoms with van der Waals surface area (Å²) in [5, 5.41) is 14.9. The fourth-order valence-corrected chi connectivity index (χ4v) is 11.9. The van der Waals surface area contributed by atoms with Gasteiger partial charge in [-0.1, -0.05) is 93.9 Å². The third kappa shape index (κ3) is 18.7. The molecule has 68 heavy (non-hydrogen) atoms. The molecule has 9 atom stereocenters. The zero-order chi connectivity index (χ0) is 50.8. The minimum Gasteiger partial charge on any atom is -0.465 e. The monoisotopic (exact) mass is 959 g/mol. The summed E-state index contributed by atoms with van der Waals surface area (Å²) in [6.07, 6.45) is 11.1. The van der Waals surface area contributed by atoms with E-state index in [1.807, 2.05) is 0 Å². The third-order valence-electron chi connectivity index (χ3n) is 15.7. The van der Waals surface area contributed by atoms with Crippen LogP contribution in [0.25, 0.3) is 0 Å². The average molecular weight is 959 g/mol. The van der Waals surface area contributed by atoms with E-state index >= 15 is 0 Å². The Kier molecular flexibility index (Phi) is 21.8. The minimum atomic E-state index is -1.35. The number of nitrogens with one attached hydrogen (secondary N) is 4. The minimum absolute atomic E-state index is 0.0506. The van der Waals surface area contributed by atoms with Gasteiger partial charge >= 0.3 is 23.9 Å². The largest absolute Gasteiger partial charge is 0.465 e. The van der Waals surface area contributed by atoms with Crippen LogP contribution in [0, 0.1) is 47.3 Å². The molecular weight excluding hydrogens is 857 g/mol. The topological polar surface area (TPSA) is 153 Å². The van der Waals surface area contributed by atoms with Gasteiger partial charge in [-0.3, -0.25) is 19.2 Å². The van der Waals surface area contributed by atoms with E-state index in [0.717, 1.165) is 64.2 Å². The number of ether oxygens (including phenoxy) is 4. The Hall–Kier alpha value is -2.28. The first-order chi connectivity index (χ1) is 31.6. The predicted molar refractivity (Wildman–Crippen MR) is 273 cm³/mol. The molecule has 4 heterocycles. The number of hydrogen-bond acceptors (Lipinski definition) is 12. The second kappa shape index (κ2) is 25.4. The highest BCUT2D eigenvalue weighted by Gasteiger charge is 2.46. The van der Waals surface area contributed by atoms with E-state index in [1.54, 1.807) is 0 Å². The zero-order valence-electron chi connectivity index (χ0n) is 46.1. The molecule has 0 bridgehead atoms. The van der Waals surface area contributed by atoms with Gasteiger partial charge in [0.05, 0.1) is 30.3 Å². The van der Waals surface area contributed by atoms with E-state index < -0.39 is 36.2 Å². The summed E-state index contributed by atoms with van der Waals surface area (Å²) in [4.78, 5) is 56.3. The molecular formula is C56H102N4O8. The lowest BCUT2D eigenvalue weighted by Gasteiger charge is -2.44. The molecule has 0 spiro atoms. The molecule has 4 N–H and O–H groups in total. The molecule has 4 aliphatic heterocycles. The van der Waals surface area contributed by atoms with Gasteiger partial charge in [0.15, 0.2) is 6.10 Å². The van der Waals surface area contributed by atoms with Gasteiger partial charge in [-0.05, 0) is 150 Å². The molecule has 0 aromatic carbocycles. The molecule has 0 amide bonds. The molecule has 4 fully saturated rings. The van der Waals surface area contributed by atoms with Crippen LogP contribution in [0.15, 0.2) is 0 Å². The molecule has 0 saturated carbocycles. The van der Waals surface area contributed by atoms with Crippen molar-refractivity contribution in [3.05, 3.63) is 0 Å². The molecule has 4 aliphatic rings. The number of carbonyl (C=O) groups excluding carboxylic acids is 4. The molecule has 12 nitrogen and oxygen atoms in total. The van der Waals surface area contributed by atoms with Gasteiger partial charge < -0.3 is 40.2 Å². The molecule has 0 aromatic rings. The van der Waals surface area contributed by atoms with E-state index in [1.165, 1.54) is 0 Å². The van der Waals surface area contributed by atoms with Crippen molar-refractivity contribution in [3.63, 3.8) is 0 Å². The zero-order valence-corrected chi connectivity index (χ0v) is 46.1. The lowest BCUT2D eigenvalue weighted by molar-refractivity contribution is -0.223. The Morgan fingerprint density at radius 2 is 0.691 bits per heavy atom. The summed E-state index contributed by atoms with van der Waals surface area (Å²) in [5.41, 5.74) is -0.912. The molecule has 4 saturated heterocycles. The fourth-order valence-electron chi connectivity index (χ4n) is 11.9. The Morgan fingerprint density at radius 3 is 1.01 bits per heavy atom. The van der Waals surface area contributed by atoms with Crippen LogP contribution in [-0.4, -0.2) is 89.2 Å². The van der Waals surface area contributed by atoms with E-state index in [0.29, 0.717) is 81.3 Å². The van der Waals surface area contributed by atoms with Gasteiger partial charge in [-0.2, -0.15) is 0 Å². The Morgan fingerprint density at radius 1 is 0.412 bits per heavy atom. The Balaban J connectivity index is 1.43. The van der Waals surface area contributed by atoms with E-state index in [4.69, 9.17) is 18.9 Å². The maximum absolute atomic E-state index is 14.4. The molecule has 9 unspecified atom stereocenters. The highest BCUT2D eigenvalue weighted by molar-refractivity contribution is 5.76. The fraction of sp³-hybridized carbons (Fsp3) is 0.929. The number of piperidine rings is 4. The third-order valence-corrected chi connectivity index (χ3v) is 15.7. The van der Waals surface area contributed by atoms with Gasteiger partial charge in [0.25, 0.3) is 6.29 Å². The predicted octanol–water partition coefficient (Wildman–Crippen LogP) is 10.6. The number of carbonyl (C=O) groups is 4. The van der Waals surface area contributed by atoms with E-state index in [-0.39, 0.29) is 64.1 Å². The van der Waals surface area contributed by atoms with Crippen molar-refractivity contribution in [1.29, 1.82) is 0 Å². The number of rotatable bonds is 23. The first-order valence-electron chi connectivity index (χ1n) is 27.4. The molecule has 0 radical (unpaired) electrons. The molecule has 0 aliphatic carbocycles. The van der Waals surface area contributed by atoms with Crippen LogP contribution in [-0.2, 0) is 38.1 Å². The quantitative estimate of drug-likeness (QED) is 0.0334. The van der Waals surface area contributed by atoms with Gasteiger partial charge in [-0.25, -0.2) is 0 Å². The SMILES string of the molecule is CC(C)C1CC(C(=O)OCCCCCCCCCCC(OC(=O)C2CC(C(C)C)NC(C)(C)C2)C(OC(=O)C2CC(C(C)C)NC(C)(C)C2)OC(=O)C2CC(C(C)C)NC(C)(C)C2)CC(C)(C)N1. The van der Waals surface area contributed by atoms with Crippen molar-refractivity contribution in [2.75, 3.05) is 6.61 Å². The molecule has 0 aromatic heterocycles. The summed E-state index contributed by atoms with van der Waals surface area (Å²) >= 11 is 0. The van der Waals surface area contributed by atoms with Crippen LogP contribution in [0.2, 0.25) is 0 Å². The van der Waals surface area contributed by atoms with Crippen molar-refractivity contribution in [2.24, 2.45) is 47.3 Å². The van der Waals surface area contributed by atoms with Crippen molar-refractivity contribution >= 4 is 23.9 Å². The van der Waals surface area contributed by atoms with Crippen molar-refractivity contribution in [1.82, 2.24) is 21.3 Å². The second-order valence-electron chi connectivity index (χ2n) is 26.1.